The molecule has 1 aliphatic heterocycles. The fraction of sp³-hybridized carbons (Fsp3) is 0.320. The van der Waals surface area contributed by atoms with Crippen molar-refractivity contribution in [2.24, 2.45) is 5.73 Å². The van der Waals surface area contributed by atoms with Crippen LogP contribution in [0.4, 0.5) is 5.69 Å². The number of rotatable bonds is 6. The van der Waals surface area contributed by atoms with Gasteiger partial charge in [-0.25, -0.2) is 4.79 Å². The van der Waals surface area contributed by atoms with E-state index < -0.39 is 29.8 Å². The molecule has 9 nitrogen and oxygen atoms in total. The van der Waals surface area contributed by atoms with Gasteiger partial charge in [0, 0.05) is 17.3 Å². The minimum absolute atomic E-state index is 0.0795. The third kappa shape index (κ3) is 4.54. The van der Waals surface area contributed by atoms with E-state index in [1.165, 1.54) is 54.3 Å². The Balaban J connectivity index is 1.41. The average molecular weight is 463 g/mol. The fourth-order valence-corrected chi connectivity index (χ4v) is 4.30. The van der Waals surface area contributed by atoms with Crippen molar-refractivity contribution in [1.82, 2.24) is 4.90 Å². The van der Waals surface area contributed by atoms with Gasteiger partial charge in [0.1, 0.15) is 0 Å². The second-order valence-electron chi connectivity index (χ2n) is 8.51. The molecular weight excluding hydrogens is 438 g/mol. The summed E-state index contributed by atoms with van der Waals surface area (Å²) in [6.07, 6.45) is 3.50. The van der Waals surface area contributed by atoms with E-state index in [0.717, 1.165) is 32.1 Å². The van der Waals surface area contributed by atoms with Crippen LogP contribution < -0.4 is 11.1 Å². The zero-order valence-electron chi connectivity index (χ0n) is 18.7. The van der Waals surface area contributed by atoms with Crippen LogP contribution in [0, 0.1) is 0 Å². The number of nitrogens with one attached hydrogen (secondary N) is 1. The highest BCUT2D eigenvalue weighted by molar-refractivity contribution is 6.22. The Hall–Kier alpha value is -4.01. The summed E-state index contributed by atoms with van der Waals surface area (Å²) < 4.78 is 5.26. The number of carbonyl (C=O) groups excluding carboxylic acids is 5. The Morgan fingerprint density at radius 3 is 2.21 bits per heavy atom. The molecule has 0 radical (unpaired) electrons. The van der Waals surface area contributed by atoms with Crippen LogP contribution in [0.5, 0.6) is 0 Å². The maximum atomic E-state index is 12.9. The lowest BCUT2D eigenvalue weighted by molar-refractivity contribution is -0.123. The Labute approximate surface area is 196 Å². The monoisotopic (exact) mass is 463 g/mol. The summed E-state index contributed by atoms with van der Waals surface area (Å²) in [6.45, 7) is 1.41. The average Bonchev–Trinajstić information content (AvgIpc) is 3.09. The first-order chi connectivity index (χ1) is 16.3. The van der Waals surface area contributed by atoms with Crippen molar-refractivity contribution in [1.29, 1.82) is 0 Å². The number of ether oxygens (including phenoxy) is 1. The summed E-state index contributed by atoms with van der Waals surface area (Å²) in [4.78, 5) is 63.2. The van der Waals surface area contributed by atoms with E-state index in [4.69, 9.17) is 10.5 Å². The number of nitrogens with two attached hydrogens (primary N) is 1. The predicted molar refractivity (Wildman–Crippen MR) is 122 cm³/mol. The molecule has 2 aromatic carbocycles. The van der Waals surface area contributed by atoms with Crippen LogP contribution >= 0.6 is 0 Å². The second kappa shape index (κ2) is 9.46. The lowest BCUT2D eigenvalue weighted by Crippen LogP contribution is -2.40. The highest BCUT2D eigenvalue weighted by atomic mass is 16.5. The summed E-state index contributed by atoms with van der Waals surface area (Å²) in [6, 6.07) is 10.1. The SMILES string of the molecule is C[C@@H](OC(=O)c1ccc2c(c1)C(=O)N(C1CCCCC1)C2=O)C(=O)Nc1ccc(C(N)=O)cc1. The molecule has 1 fully saturated rings. The van der Waals surface area contributed by atoms with Gasteiger partial charge in [-0.15, -0.1) is 0 Å². The van der Waals surface area contributed by atoms with Crippen LogP contribution in [0.3, 0.4) is 0 Å². The smallest absolute Gasteiger partial charge is 0.338 e. The molecule has 0 aromatic heterocycles. The van der Waals surface area contributed by atoms with E-state index in [0.29, 0.717) is 11.3 Å². The van der Waals surface area contributed by atoms with E-state index in [9.17, 15) is 24.0 Å². The molecule has 1 atom stereocenters. The van der Waals surface area contributed by atoms with E-state index >= 15 is 0 Å². The normalized spacial score (nSPS) is 16.7. The third-order valence-electron chi connectivity index (χ3n) is 6.18. The molecule has 3 N–H and O–H groups in total. The molecule has 0 saturated heterocycles. The molecule has 4 amide bonds. The molecule has 34 heavy (non-hydrogen) atoms. The summed E-state index contributed by atoms with van der Waals surface area (Å²) in [5, 5.41) is 2.59. The molecule has 9 heteroatoms. The fourth-order valence-electron chi connectivity index (χ4n) is 4.30. The van der Waals surface area contributed by atoms with Crippen molar-refractivity contribution in [3.8, 4) is 0 Å². The van der Waals surface area contributed by atoms with Gasteiger partial charge in [0.05, 0.1) is 16.7 Å². The maximum Gasteiger partial charge on any atom is 0.338 e. The molecular formula is C25H25N3O6. The quantitative estimate of drug-likeness (QED) is 0.499. The van der Waals surface area contributed by atoms with Gasteiger partial charge < -0.3 is 15.8 Å². The molecule has 1 heterocycles. The van der Waals surface area contributed by atoms with Gasteiger partial charge in [-0.2, -0.15) is 0 Å². The van der Waals surface area contributed by atoms with Crippen LogP contribution in [0.15, 0.2) is 42.5 Å². The van der Waals surface area contributed by atoms with Crippen molar-refractivity contribution in [2.75, 3.05) is 5.32 Å². The lowest BCUT2D eigenvalue weighted by Gasteiger charge is -2.29. The molecule has 1 saturated carbocycles. The lowest BCUT2D eigenvalue weighted by atomic mass is 9.94. The van der Waals surface area contributed by atoms with Crippen molar-refractivity contribution in [2.45, 2.75) is 51.2 Å². The predicted octanol–water partition coefficient (Wildman–Crippen LogP) is 2.90. The Bertz CT molecular complexity index is 1170. The number of carbonyl (C=O) groups is 5. The molecule has 2 aromatic rings. The summed E-state index contributed by atoms with van der Waals surface area (Å²) in [7, 11) is 0. The number of anilines is 1. The highest BCUT2D eigenvalue weighted by Gasteiger charge is 2.40. The maximum absolute atomic E-state index is 12.9. The molecule has 4 rings (SSSR count). The Morgan fingerprint density at radius 1 is 0.941 bits per heavy atom. The zero-order valence-corrected chi connectivity index (χ0v) is 18.7. The topological polar surface area (TPSA) is 136 Å². The van der Waals surface area contributed by atoms with Gasteiger partial charge >= 0.3 is 5.97 Å². The van der Waals surface area contributed by atoms with Gasteiger partial charge in [0.2, 0.25) is 5.91 Å². The number of hydrogen-bond acceptors (Lipinski definition) is 6. The molecule has 0 unspecified atom stereocenters. The number of fused-ring (bicyclic) bond motifs is 1. The number of hydrogen-bond donors (Lipinski definition) is 2. The standard InChI is InChI=1S/C25H25N3O6/c1-14(22(30)27-17-10-7-15(8-11-17)21(26)29)34-25(33)16-9-12-19-20(13-16)24(32)28(23(19)31)18-5-3-2-4-6-18/h7-14,18H,2-6H2,1H3,(H2,26,29)(H,27,30)/t14-/m1/s1. The number of nitrogens with zero attached hydrogens (tertiary/aromatic N) is 1. The van der Waals surface area contributed by atoms with Crippen molar-refractivity contribution < 1.29 is 28.7 Å². The van der Waals surface area contributed by atoms with Crippen LogP contribution in [0.1, 0.15) is 80.5 Å². The van der Waals surface area contributed by atoms with Crippen LogP contribution in [0.2, 0.25) is 0 Å². The Kier molecular flexibility index (Phi) is 6.45. The largest absolute Gasteiger partial charge is 0.449 e. The third-order valence-corrected chi connectivity index (χ3v) is 6.18. The summed E-state index contributed by atoms with van der Waals surface area (Å²) in [5.41, 5.74) is 6.43. The van der Waals surface area contributed by atoms with Crippen LogP contribution in [0.25, 0.3) is 0 Å². The first kappa shape index (κ1) is 23.2. The minimum atomic E-state index is -1.13. The number of imide groups is 1. The summed E-state index contributed by atoms with van der Waals surface area (Å²) >= 11 is 0. The molecule has 176 valence electrons. The van der Waals surface area contributed by atoms with Crippen molar-refractivity contribution >= 4 is 35.3 Å². The summed E-state index contributed by atoms with van der Waals surface area (Å²) in [5.74, 6) is -2.67. The highest BCUT2D eigenvalue weighted by Crippen LogP contribution is 2.31. The minimum Gasteiger partial charge on any atom is -0.449 e. The van der Waals surface area contributed by atoms with Gasteiger partial charge in [0.25, 0.3) is 17.7 Å². The van der Waals surface area contributed by atoms with Crippen LogP contribution in [-0.4, -0.2) is 46.6 Å². The Morgan fingerprint density at radius 2 is 1.56 bits per heavy atom. The molecule has 1 aliphatic carbocycles. The van der Waals surface area contributed by atoms with Crippen molar-refractivity contribution in [3.63, 3.8) is 0 Å². The van der Waals surface area contributed by atoms with E-state index in [-0.39, 0.29) is 28.6 Å². The van der Waals surface area contributed by atoms with E-state index in [1.54, 1.807) is 0 Å². The van der Waals surface area contributed by atoms with Crippen LogP contribution in [-0.2, 0) is 9.53 Å². The number of primary amides is 1. The molecule has 0 bridgehead atoms. The number of amides is 4. The van der Waals surface area contributed by atoms with Crippen molar-refractivity contribution in [3.05, 3.63) is 64.7 Å². The number of esters is 1. The second-order valence-corrected chi connectivity index (χ2v) is 8.51. The zero-order chi connectivity index (χ0) is 24.4. The van der Waals surface area contributed by atoms with E-state index in [1.807, 2.05) is 0 Å². The first-order valence-corrected chi connectivity index (χ1v) is 11.2. The molecule has 2 aliphatic rings. The van der Waals surface area contributed by atoms with Gasteiger partial charge in [-0.1, -0.05) is 19.3 Å². The number of benzene rings is 2. The molecule has 0 spiro atoms. The van der Waals surface area contributed by atoms with Gasteiger partial charge in [-0.05, 0) is 62.2 Å². The van der Waals surface area contributed by atoms with Gasteiger partial charge in [0.15, 0.2) is 6.10 Å². The van der Waals surface area contributed by atoms with E-state index in [2.05, 4.69) is 5.32 Å². The van der Waals surface area contributed by atoms with Gasteiger partial charge in [-0.3, -0.25) is 24.1 Å². The first-order valence-electron chi connectivity index (χ1n) is 11.2.